The van der Waals surface area contributed by atoms with Crippen LogP contribution >= 0.6 is 11.8 Å². The number of amides is 1. The van der Waals surface area contributed by atoms with Gasteiger partial charge in [-0.2, -0.15) is 0 Å². The summed E-state index contributed by atoms with van der Waals surface area (Å²) in [7, 11) is 0. The Labute approximate surface area is 109 Å². The molecule has 0 fully saturated rings. The number of anilines is 1. The number of benzene rings is 1. The van der Waals surface area contributed by atoms with E-state index in [0.717, 1.165) is 11.8 Å². The largest absolute Gasteiger partial charge is 0.478 e. The molecule has 0 aliphatic carbocycles. The number of aromatic carboxylic acids is 1. The van der Waals surface area contributed by atoms with Gasteiger partial charge in [0.2, 0.25) is 5.91 Å². The molecule has 0 bridgehead atoms. The number of hydrogen-bond donors (Lipinski definition) is 2. The summed E-state index contributed by atoms with van der Waals surface area (Å²) in [5, 5.41) is 11.3. The molecular weight excluding hydrogens is 254 g/mol. The van der Waals surface area contributed by atoms with E-state index in [0.29, 0.717) is 11.4 Å². The summed E-state index contributed by atoms with van der Waals surface area (Å²) in [6.45, 7) is 1.44. The molecule has 2 N–H and O–H groups in total. The highest BCUT2D eigenvalue weighted by Crippen LogP contribution is 2.12. The smallest absolute Gasteiger partial charge is 0.335 e. The maximum absolute atomic E-state index is 11.5. The molecule has 1 aromatic carbocycles. The maximum atomic E-state index is 11.5. The van der Waals surface area contributed by atoms with Gasteiger partial charge in [-0.05, 0) is 18.2 Å². The van der Waals surface area contributed by atoms with Gasteiger partial charge in [0.25, 0.3) is 0 Å². The zero-order valence-electron chi connectivity index (χ0n) is 9.80. The summed E-state index contributed by atoms with van der Waals surface area (Å²) < 4.78 is 0. The lowest BCUT2D eigenvalue weighted by Crippen LogP contribution is -2.13. The first-order valence-electron chi connectivity index (χ1n) is 5.25. The number of thioether (sulfide) groups is 1. The molecule has 0 aromatic heterocycles. The summed E-state index contributed by atoms with van der Waals surface area (Å²) in [6.07, 6.45) is 0.210. The van der Waals surface area contributed by atoms with Crippen molar-refractivity contribution in [2.24, 2.45) is 0 Å². The SMILES string of the molecule is CC(=O)SCCC(=O)Nc1cccc(C(=O)O)c1. The van der Waals surface area contributed by atoms with Gasteiger partial charge in [0.15, 0.2) is 5.12 Å². The molecule has 0 aliphatic heterocycles. The minimum Gasteiger partial charge on any atom is -0.478 e. The Bertz CT molecular complexity index is 473. The Hall–Kier alpha value is -1.82. The standard InChI is InChI=1S/C12H13NO4S/c1-8(14)18-6-5-11(15)13-10-4-2-3-9(7-10)12(16)17/h2-4,7H,5-6H2,1H3,(H,13,15)(H,16,17). The minimum absolute atomic E-state index is 0.0318. The van der Waals surface area contributed by atoms with E-state index in [4.69, 9.17) is 5.11 Å². The van der Waals surface area contributed by atoms with Crippen molar-refractivity contribution in [2.75, 3.05) is 11.1 Å². The molecule has 0 atom stereocenters. The van der Waals surface area contributed by atoms with Gasteiger partial charge in [0, 0.05) is 24.8 Å². The van der Waals surface area contributed by atoms with Crippen LogP contribution in [0.2, 0.25) is 0 Å². The molecule has 0 spiro atoms. The second-order valence-electron chi connectivity index (χ2n) is 3.52. The van der Waals surface area contributed by atoms with Crippen molar-refractivity contribution in [1.82, 2.24) is 0 Å². The first-order valence-corrected chi connectivity index (χ1v) is 6.24. The normalized spacial score (nSPS) is 9.83. The summed E-state index contributed by atoms with van der Waals surface area (Å²) >= 11 is 1.08. The molecular formula is C12H13NO4S. The number of carboxylic acids is 1. The van der Waals surface area contributed by atoms with Crippen LogP contribution in [0.5, 0.6) is 0 Å². The summed E-state index contributed by atoms with van der Waals surface area (Å²) in [5.41, 5.74) is 0.554. The molecule has 1 rings (SSSR count). The van der Waals surface area contributed by atoms with Gasteiger partial charge < -0.3 is 10.4 Å². The topological polar surface area (TPSA) is 83.5 Å². The predicted octanol–water partition coefficient (Wildman–Crippen LogP) is 1.99. The maximum Gasteiger partial charge on any atom is 0.335 e. The molecule has 1 amide bonds. The van der Waals surface area contributed by atoms with Gasteiger partial charge in [0.05, 0.1) is 5.56 Å². The third-order valence-electron chi connectivity index (χ3n) is 2.03. The first kappa shape index (κ1) is 14.2. The first-order chi connectivity index (χ1) is 8.49. The van der Waals surface area contributed by atoms with Crippen molar-refractivity contribution in [2.45, 2.75) is 13.3 Å². The third-order valence-corrected chi connectivity index (χ3v) is 2.84. The van der Waals surface area contributed by atoms with Gasteiger partial charge in [0.1, 0.15) is 0 Å². The summed E-state index contributed by atoms with van der Waals surface area (Å²) in [4.78, 5) is 32.9. The lowest BCUT2D eigenvalue weighted by molar-refractivity contribution is -0.115. The van der Waals surface area contributed by atoms with E-state index in [1.165, 1.54) is 19.1 Å². The second-order valence-corrected chi connectivity index (χ2v) is 4.80. The molecule has 0 saturated heterocycles. The van der Waals surface area contributed by atoms with Crippen LogP contribution < -0.4 is 5.32 Å². The van der Waals surface area contributed by atoms with Crippen LogP contribution in [-0.2, 0) is 9.59 Å². The molecule has 0 radical (unpaired) electrons. The number of carboxylic acid groups (broad SMARTS) is 1. The van der Waals surface area contributed by atoms with Gasteiger partial charge in [-0.25, -0.2) is 4.79 Å². The Morgan fingerprint density at radius 1 is 1.33 bits per heavy atom. The van der Waals surface area contributed by atoms with Crippen molar-refractivity contribution >= 4 is 34.4 Å². The number of hydrogen-bond acceptors (Lipinski definition) is 4. The fourth-order valence-corrected chi connectivity index (χ4v) is 1.82. The molecule has 5 nitrogen and oxygen atoms in total. The lowest BCUT2D eigenvalue weighted by Gasteiger charge is -2.05. The van der Waals surface area contributed by atoms with E-state index < -0.39 is 5.97 Å². The number of carbonyl (C=O) groups is 3. The van der Waals surface area contributed by atoms with Crippen LogP contribution in [0.1, 0.15) is 23.7 Å². The Balaban J connectivity index is 2.51. The van der Waals surface area contributed by atoms with Crippen molar-refractivity contribution in [3.63, 3.8) is 0 Å². The fourth-order valence-electron chi connectivity index (χ4n) is 1.24. The predicted molar refractivity (Wildman–Crippen MR) is 69.8 cm³/mol. The molecule has 0 aliphatic rings. The van der Waals surface area contributed by atoms with Crippen LogP contribution in [0.3, 0.4) is 0 Å². The highest BCUT2D eigenvalue weighted by atomic mass is 32.2. The van der Waals surface area contributed by atoms with Gasteiger partial charge in [-0.3, -0.25) is 9.59 Å². The molecule has 96 valence electrons. The van der Waals surface area contributed by atoms with E-state index >= 15 is 0 Å². The van der Waals surface area contributed by atoms with Gasteiger partial charge >= 0.3 is 5.97 Å². The number of rotatable bonds is 5. The van der Waals surface area contributed by atoms with Crippen LogP contribution in [0.15, 0.2) is 24.3 Å². The average molecular weight is 267 g/mol. The molecule has 1 aromatic rings. The number of carbonyl (C=O) groups excluding carboxylic acids is 2. The quantitative estimate of drug-likeness (QED) is 0.852. The molecule has 18 heavy (non-hydrogen) atoms. The van der Waals surface area contributed by atoms with Crippen LogP contribution in [0, 0.1) is 0 Å². The molecule has 0 saturated carbocycles. The van der Waals surface area contributed by atoms with Crippen molar-refractivity contribution in [3.8, 4) is 0 Å². The zero-order valence-corrected chi connectivity index (χ0v) is 10.6. The van der Waals surface area contributed by atoms with Crippen molar-refractivity contribution in [1.29, 1.82) is 0 Å². The summed E-state index contributed by atoms with van der Waals surface area (Å²) in [6, 6.07) is 6.01. The zero-order chi connectivity index (χ0) is 13.5. The molecule has 6 heteroatoms. The second kappa shape index (κ2) is 6.80. The lowest BCUT2D eigenvalue weighted by atomic mass is 10.2. The van der Waals surface area contributed by atoms with Gasteiger partial charge in [-0.15, -0.1) is 0 Å². The monoisotopic (exact) mass is 267 g/mol. The van der Waals surface area contributed by atoms with E-state index in [1.807, 2.05) is 0 Å². The van der Waals surface area contributed by atoms with Gasteiger partial charge in [-0.1, -0.05) is 17.8 Å². The van der Waals surface area contributed by atoms with Crippen LogP contribution in [0.4, 0.5) is 5.69 Å². The third kappa shape index (κ3) is 5.01. The highest BCUT2D eigenvalue weighted by Gasteiger charge is 2.06. The Morgan fingerprint density at radius 2 is 2.06 bits per heavy atom. The van der Waals surface area contributed by atoms with E-state index in [9.17, 15) is 14.4 Å². The van der Waals surface area contributed by atoms with E-state index in [2.05, 4.69) is 5.32 Å². The van der Waals surface area contributed by atoms with Crippen molar-refractivity contribution in [3.05, 3.63) is 29.8 Å². The van der Waals surface area contributed by atoms with Crippen LogP contribution in [0.25, 0.3) is 0 Å². The Morgan fingerprint density at radius 3 is 2.67 bits per heavy atom. The fraction of sp³-hybridized carbons (Fsp3) is 0.250. The van der Waals surface area contributed by atoms with Crippen LogP contribution in [-0.4, -0.2) is 27.9 Å². The van der Waals surface area contributed by atoms with E-state index in [1.54, 1.807) is 12.1 Å². The van der Waals surface area contributed by atoms with Crippen molar-refractivity contribution < 1.29 is 19.5 Å². The summed E-state index contributed by atoms with van der Waals surface area (Å²) in [5.74, 6) is -0.871. The average Bonchev–Trinajstić information content (AvgIpc) is 2.28. The number of nitrogens with one attached hydrogen (secondary N) is 1. The highest BCUT2D eigenvalue weighted by molar-refractivity contribution is 8.13. The molecule has 0 unspecified atom stereocenters. The molecule has 0 heterocycles. The van der Waals surface area contributed by atoms with E-state index in [-0.39, 0.29) is 23.0 Å². The minimum atomic E-state index is -1.04. The Kier molecular flexibility index (Phi) is 5.38.